The first-order chi connectivity index (χ1) is 6.42. The largest absolute Gasteiger partial charge is 0.320 e. The average molecular weight is 173 g/mol. The van der Waals surface area contributed by atoms with Crippen LogP contribution in [0.3, 0.4) is 0 Å². The zero-order valence-corrected chi connectivity index (χ0v) is 7.96. The SMILES string of the molecule is CNCCC1C=Cc2ccccc21. The molecule has 1 aromatic carbocycles. The second-order valence-electron chi connectivity index (χ2n) is 3.49. The summed E-state index contributed by atoms with van der Waals surface area (Å²) in [6.45, 7) is 1.09. The minimum atomic E-state index is 0.628. The number of allylic oxidation sites excluding steroid dienone is 1. The number of benzene rings is 1. The molecule has 0 heterocycles. The third-order valence-electron chi connectivity index (χ3n) is 2.61. The van der Waals surface area contributed by atoms with E-state index in [9.17, 15) is 0 Å². The van der Waals surface area contributed by atoms with Gasteiger partial charge in [0, 0.05) is 5.92 Å². The van der Waals surface area contributed by atoms with Crippen LogP contribution >= 0.6 is 0 Å². The van der Waals surface area contributed by atoms with Crippen molar-refractivity contribution in [2.24, 2.45) is 0 Å². The molecular formula is C12H15N. The van der Waals surface area contributed by atoms with E-state index < -0.39 is 0 Å². The van der Waals surface area contributed by atoms with Gasteiger partial charge in [-0.05, 0) is 31.1 Å². The van der Waals surface area contributed by atoms with Gasteiger partial charge in [-0.3, -0.25) is 0 Å². The van der Waals surface area contributed by atoms with Crippen molar-refractivity contribution in [1.29, 1.82) is 0 Å². The number of nitrogens with one attached hydrogen (secondary N) is 1. The van der Waals surface area contributed by atoms with E-state index in [0.29, 0.717) is 5.92 Å². The standard InChI is InChI=1S/C12H15N/c1-13-9-8-11-7-6-10-4-2-3-5-12(10)11/h2-7,11,13H,8-9H2,1H3. The topological polar surface area (TPSA) is 12.0 Å². The van der Waals surface area contributed by atoms with Gasteiger partial charge >= 0.3 is 0 Å². The molecule has 0 bridgehead atoms. The number of hydrogen-bond donors (Lipinski definition) is 1. The second-order valence-corrected chi connectivity index (χ2v) is 3.49. The van der Waals surface area contributed by atoms with Crippen LogP contribution in [0.5, 0.6) is 0 Å². The smallest absolute Gasteiger partial charge is 0.00392 e. The summed E-state index contributed by atoms with van der Waals surface area (Å²) in [5, 5.41) is 3.19. The third-order valence-corrected chi connectivity index (χ3v) is 2.61. The summed E-state index contributed by atoms with van der Waals surface area (Å²) in [5.41, 5.74) is 2.88. The highest BCUT2D eigenvalue weighted by molar-refractivity contribution is 5.62. The highest BCUT2D eigenvalue weighted by Crippen LogP contribution is 2.31. The Morgan fingerprint density at radius 1 is 1.31 bits per heavy atom. The van der Waals surface area contributed by atoms with Crippen LogP contribution in [-0.2, 0) is 0 Å². The first-order valence-corrected chi connectivity index (χ1v) is 4.83. The van der Waals surface area contributed by atoms with Gasteiger partial charge in [-0.25, -0.2) is 0 Å². The molecule has 0 amide bonds. The van der Waals surface area contributed by atoms with Crippen molar-refractivity contribution in [1.82, 2.24) is 5.32 Å². The Balaban J connectivity index is 2.14. The maximum Gasteiger partial charge on any atom is 0.00392 e. The number of rotatable bonds is 3. The molecule has 0 saturated carbocycles. The Morgan fingerprint density at radius 3 is 3.00 bits per heavy atom. The van der Waals surface area contributed by atoms with Gasteiger partial charge in [0.2, 0.25) is 0 Å². The minimum absolute atomic E-state index is 0.628. The van der Waals surface area contributed by atoms with Gasteiger partial charge in [0.25, 0.3) is 0 Å². The minimum Gasteiger partial charge on any atom is -0.320 e. The Bertz CT molecular complexity index is 315. The van der Waals surface area contributed by atoms with E-state index in [0.717, 1.165) is 6.54 Å². The molecule has 68 valence electrons. The Labute approximate surface area is 79.5 Å². The second kappa shape index (κ2) is 3.75. The Hall–Kier alpha value is -1.08. The zero-order valence-electron chi connectivity index (χ0n) is 7.96. The van der Waals surface area contributed by atoms with Crippen LogP contribution in [-0.4, -0.2) is 13.6 Å². The predicted octanol–water partition coefficient (Wildman–Crippen LogP) is 2.41. The lowest BCUT2D eigenvalue weighted by Crippen LogP contribution is -2.10. The molecule has 1 unspecified atom stereocenters. The maximum atomic E-state index is 3.19. The third kappa shape index (κ3) is 1.65. The molecule has 1 aliphatic carbocycles. The van der Waals surface area contributed by atoms with Gasteiger partial charge < -0.3 is 5.32 Å². The summed E-state index contributed by atoms with van der Waals surface area (Å²) in [7, 11) is 2.00. The highest BCUT2D eigenvalue weighted by Gasteiger charge is 2.15. The van der Waals surface area contributed by atoms with Crippen molar-refractivity contribution in [3.8, 4) is 0 Å². The fourth-order valence-electron chi connectivity index (χ4n) is 1.88. The van der Waals surface area contributed by atoms with E-state index in [1.807, 2.05) is 7.05 Å². The fourth-order valence-corrected chi connectivity index (χ4v) is 1.88. The van der Waals surface area contributed by atoms with Crippen molar-refractivity contribution >= 4 is 6.08 Å². The van der Waals surface area contributed by atoms with Crippen LogP contribution < -0.4 is 5.32 Å². The summed E-state index contributed by atoms with van der Waals surface area (Å²) >= 11 is 0. The molecule has 1 aromatic rings. The van der Waals surface area contributed by atoms with Crippen LogP contribution in [0.25, 0.3) is 6.08 Å². The molecular weight excluding hydrogens is 158 g/mol. The van der Waals surface area contributed by atoms with Crippen molar-refractivity contribution < 1.29 is 0 Å². The molecule has 0 radical (unpaired) electrons. The highest BCUT2D eigenvalue weighted by atomic mass is 14.8. The zero-order chi connectivity index (χ0) is 9.10. The molecule has 1 heteroatoms. The monoisotopic (exact) mass is 173 g/mol. The van der Waals surface area contributed by atoms with Gasteiger partial charge in [-0.1, -0.05) is 36.4 Å². The molecule has 0 spiro atoms. The summed E-state index contributed by atoms with van der Waals surface area (Å²) in [6.07, 6.45) is 5.74. The van der Waals surface area contributed by atoms with Crippen molar-refractivity contribution in [2.75, 3.05) is 13.6 Å². The molecule has 13 heavy (non-hydrogen) atoms. The molecule has 1 N–H and O–H groups in total. The lowest BCUT2D eigenvalue weighted by molar-refractivity contribution is 0.680. The van der Waals surface area contributed by atoms with Crippen LogP contribution in [0.4, 0.5) is 0 Å². The van der Waals surface area contributed by atoms with Gasteiger partial charge in [0.15, 0.2) is 0 Å². The van der Waals surface area contributed by atoms with Crippen molar-refractivity contribution in [3.63, 3.8) is 0 Å². The van der Waals surface area contributed by atoms with Gasteiger partial charge in [-0.2, -0.15) is 0 Å². The van der Waals surface area contributed by atoms with Crippen molar-refractivity contribution in [3.05, 3.63) is 41.5 Å². The van der Waals surface area contributed by atoms with E-state index in [1.54, 1.807) is 0 Å². The summed E-state index contributed by atoms with van der Waals surface area (Å²) < 4.78 is 0. The summed E-state index contributed by atoms with van der Waals surface area (Å²) in [6, 6.07) is 8.64. The average Bonchev–Trinajstić information content (AvgIpc) is 2.58. The van der Waals surface area contributed by atoms with Crippen LogP contribution in [0, 0.1) is 0 Å². The summed E-state index contributed by atoms with van der Waals surface area (Å²) in [4.78, 5) is 0. The molecule has 1 nitrogen and oxygen atoms in total. The summed E-state index contributed by atoms with van der Waals surface area (Å²) in [5.74, 6) is 0.628. The van der Waals surface area contributed by atoms with Gasteiger partial charge in [0.1, 0.15) is 0 Å². The van der Waals surface area contributed by atoms with E-state index in [1.165, 1.54) is 17.5 Å². The number of fused-ring (bicyclic) bond motifs is 1. The molecule has 1 atom stereocenters. The van der Waals surface area contributed by atoms with Gasteiger partial charge in [-0.15, -0.1) is 0 Å². The molecule has 0 aliphatic heterocycles. The predicted molar refractivity (Wildman–Crippen MR) is 56.8 cm³/mol. The Kier molecular flexibility index (Phi) is 2.46. The van der Waals surface area contributed by atoms with E-state index >= 15 is 0 Å². The lowest BCUT2D eigenvalue weighted by atomic mass is 9.98. The first kappa shape index (κ1) is 8.52. The van der Waals surface area contributed by atoms with Gasteiger partial charge in [0.05, 0.1) is 0 Å². The number of hydrogen-bond acceptors (Lipinski definition) is 1. The fraction of sp³-hybridized carbons (Fsp3) is 0.333. The quantitative estimate of drug-likeness (QED) is 0.740. The molecule has 0 fully saturated rings. The lowest BCUT2D eigenvalue weighted by Gasteiger charge is -2.09. The van der Waals surface area contributed by atoms with Crippen LogP contribution in [0.1, 0.15) is 23.5 Å². The molecule has 0 saturated heterocycles. The molecule has 0 aromatic heterocycles. The molecule has 1 aliphatic rings. The van der Waals surface area contributed by atoms with Crippen molar-refractivity contribution in [2.45, 2.75) is 12.3 Å². The van der Waals surface area contributed by atoms with E-state index in [2.05, 4.69) is 41.7 Å². The van der Waals surface area contributed by atoms with E-state index in [4.69, 9.17) is 0 Å². The first-order valence-electron chi connectivity index (χ1n) is 4.83. The van der Waals surface area contributed by atoms with Crippen LogP contribution in [0.15, 0.2) is 30.3 Å². The molecule has 2 rings (SSSR count). The van der Waals surface area contributed by atoms with E-state index in [-0.39, 0.29) is 0 Å². The normalized spacial score (nSPS) is 19.0. The van der Waals surface area contributed by atoms with Crippen LogP contribution in [0.2, 0.25) is 0 Å². The Morgan fingerprint density at radius 2 is 2.15 bits per heavy atom. The maximum absolute atomic E-state index is 3.19.